The van der Waals surface area contributed by atoms with Crippen molar-refractivity contribution in [2.75, 3.05) is 7.11 Å². The molecule has 0 saturated heterocycles. The number of aromatic hydroxyl groups is 1. The molecule has 0 atom stereocenters. The fraction of sp³-hybridized carbons (Fsp3) is 0.0667. The topological polar surface area (TPSA) is 124 Å². The maximum Gasteiger partial charge on any atom is 0.488 e. The lowest BCUT2D eigenvalue weighted by molar-refractivity contribution is 0.0599. The molecule has 0 bridgehead atoms. The number of carbonyl (C=O) groups is 2. The van der Waals surface area contributed by atoms with Crippen molar-refractivity contribution >= 4 is 24.5 Å². The van der Waals surface area contributed by atoms with Crippen LogP contribution in [0.15, 0.2) is 48.5 Å². The number of hydrogen-bond donors (Lipinski definition) is 4. The number of carboxylic acid groups (broad SMARTS) is 1. The number of rotatable bonds is 3. The maximum atomic E-state index is 10.9. The summed E-state index contributed by atoms with van der Waals surface area (Å²) in [4.78, 5) is 21.2. The molecule has 2 aromatic carbocycles. The third-order valence-electron chi connectivity index (χ3n) is 2.76. The monoisotopic (exact) mass is 318 g/mol. The number of carboxylic acids is 1. The molecular formula is C15H15BO7. The second-order valence-corrected chi connectivity index (χ2v) is 4.31. The van der Waals surface area contributed by atoms with Crippen LogP contribution in [0.2, 0.25) is 0 Å². The van der Waals surface area contributed by atoms with E-state index in [1.807, 2.05) is 0 Å². The molecule has 0 aliphatic heterocycles. The van der Waals surface area contributed by atoms with E-state index in [0.29, 0.717) is 11.0 Å². The predicted molar refractivity (Wildman–Crippen MR) is 82.7 cm³/mol. The van der Waals surface area contributed by atoms with Gasteiger partial charge >= 0.3 is 19.1 Å². The summed E-state index contributed by atoms with van der Waals surface area (Å²) in [5.74, 6) is -1.76. The first kappa shape index (κ1) is 18.2. The van der Waals surface area contributed by atoms with Gasteiger partial charge in [0.15, 0.2) is 0 Å². The molecule has 8 heteroatoms. The summed E-state index contributed by atoms with van der Waals surface area (Å²) in [5.41, 5.74) is 0.655. The van der Waals surface area contributed by atoms with Crippen molar-refractivity contribution in [2.24, 2.45) is 0 Å². The lowest BCUT2D eigenvalue weighted by atomic mass is 9.80. The molecule has 0 amide bonds. The van der Waals surface area contributed by atoms with Crippen LogP contribution in [0.4, 0.5) is 0 Å². The van der Waals surface area contributed by atoms with Gasteiger partial charge in [-0.2, -0.15) is 0 Å². The van der Waals surface area contributed by atoms with Crippen LogP contribution in [0.25, 0.3) is 0 Å². The van der Waals surface area contributed by atoms with Crippen LogP contribution in [0.3, 0.4) is 0 Å². The van der Waals surface area contributed by atoms with E-state index in [9.17, 15) is 9.59 Å². The van der Waals surface area contributed by atoms with Crippen LogP contribution >= 0.6 is 0 Å². The number of hydrogen-bond acceptors (Lipinski definition) is 6. The highest BCUT2D eigenvalue weighted by molar-refractivity contribution is 6.58. The van der Waals surface area contributed by atoms with Gasteiger partial charge in [-0.3, -0.25) is 0 Å². The average Bonchev–Trinajstić information content (AvgIpc) is 2.55. The van der Waals surface area contributed by atoms with Gasteiger partial charge in [0.25, 0.3) is 0 Å². The Morgan fingerprint density at radius 1 is 1.00 bits per heavy atom. The number of para-hydroxylation sites is 1. The highest BCUT2D eigenvalue weighted by Gasteiger charge is 2.11. The van der Waals surface area contributed by atoms with Gasteiger partial charge in [0.05, 0.1) is 12.7 Å². The van der Waals surface area contributed by atoms with Gasteiger partial charge in [-0.05, 0) is 29.7 Å². The highest BCUT2D eigenvalue weighted by atomic mass is 16.5. The zero-order valence-corrected chi connectivity index (χ0v) is 12.2. The smallest absolute Gasteiger partial charge is 0.488 e. The number of phenols is 1. The van der Waals surface area contributed by atoms with Gasteiger partial charge in [-0.1, -0.05) is 24.3 Å². The molecule has 0 saturated carbocycles. The van der Waals surface area contributed by atoms with Crippen LogP contribution < -0.4 is 5.46 Å². The molecule has 0 aliphatic carbocycles. The summed E-state index contributed by atoms with van der Waals surface area (Å²) in [6.45, 7) is 0. The molecule has 0 unspecified atom stereocenters. The number of aromatic carboxylic acids is 1. The van der Waals surface area contributed by atoms with Gasteiger partial charge in [0.2, 0.25) is 0 Å². The van der Waals surface area contributed by atoms with E-state index >= 15 is 0 Å². The summed E-state index contributed by atoms with van der Waals surface area (Å²) in [6.07, 6.45) is 0. The number of benzene rings is 2. The summed E-state index contributed by atoms with van der Waals surface area (Å²) < 4.78 is 4.47. The van der Waals surface area contributed by atoms with Gasteiger partial charge in [-0.25, -0.2) is 9.59 Å². The third kappa shape index (κ3) is 5.46. The Balaban J connectivity index is 0.000000238. The minimum Gasteiger partial charge on any atom is -0.507 e. The molecule has 0 aromatic heterocycles. The second-order valence-electron chi connectivity index (χ2n) is 4.31. The normalized spacial score (nSPS) is 9.35. The zero-order chi connectivity index (χ0) is 17.4. The summed E-state index contributed by atoms with van der Waals surface area (Å²) in [5, 5.41) is 34.8. The largest absolute Gasteiger partial charge is 0.507 e. The molecule has 0 spiro atoms. The minimum atomic E-state index is -1.51. The molecule has 4 N–H and O–H groups in total. The zero-order valence-electron chi connectivity index (χ0n) is 12.2. The summed E-state index contributed by atoms with van der Waals surface area (Å²) >= 11 is 0. The first-order chi connectivity index (χ1) is 10.9. The summed E-state index contributed by atoms with van der Waals surface area (Å²) in [6, 6.07) is 11.7. The van der Waals surface area contributed by atoms with Crippen LogP contribution in [0.1, 0.15) is 20.7 Å². The molecule has 0 fully saturated rings. The fourth-order valence-electron chi connectivity index (χ4n) is 1.56. The molecule has 120 valence electrons. The number of methoxy groups -OCH3 is 1. The highest BCUT2D eigenvalue weighted by Crippen LogP contribution is 2.14. The van der Waals surface area contributed by atoms with Crippen LogP contribution in [0.5, 0.6) is 5.75 Å². The van der Waals surface area contributed by atoms with Crippen molar-refractivity contribution in [3.8, 4) is 5.75 Å². The Hall–Kier alpha value is -2.84. The molecule has 2 rings (SSSR count). The Labute approximate surface area is 132 Å². The fourth-order valence-corrected chi connectivity index (χ4v) is 1.56. The third-order valence-corrected chi connectivity index (χ3v) is 2.76. The van der Waals surface area contributed by atoms with E-state index in [-0.39, 0.29) is 11.3 Å². The minimum absolute atomic E-state index is 0.0671. The van der Waals surface area contributed by atoms with Crippen LogP contribution in [-0.4, -0.2) is 46.4 Å². The molecule has 2 aromatic rings. The summed E-state index contributed by atoms with van der Waals surface area (Å²) in [7, 11) is -0.219. The number of carbonyl (C=O) groups excluding carboxylic acids is 1. The van der Waals surface area contributed by atoms with Gasteiger partial charge in [0, 0.05) is 0 Å². The van der Waals surface area contributed by atoms with Crippen molar-refractivity contribution in [1.82, 2.24) is 0 Å². The van der Waals surface area contributed by atoms with E-state index < -0.39 is 19.1 Å². The number of ether oxygens (including phenoxy) is 1. The Bertz CT molecular complexity index is 668. The van der Waals surface area contributed by atoms with Gasteiger partial charge in [0.1, 0.15) is 11.3 Å². The van der Waals surface area contributed by atoms with Crippen molar-refractivity contribution in [3.63, 3.8) is 0 Å². The van der Waals surface area contributed by atoms with E-state index in [2.05, 4.69) is 4.74 Å². The molecule has 0 heterocycles. The molecule has 0 radical (unpaired) electrons. The van der Waals surface area contributed by atoms with Crippen molar-refractivity contribution in [1.29, 1.82) is 0 Å². The average molecular weight is 318 g/mol. The van der Waals surface area contributed by atoms with Crippen molar-refractivity contribution in [2.45, 2.75) is 0 Å². The lowest BCUT2D eigenvalue weighted by Crippen LogP contribution is -2.29. The molecule has 7 nitrogen and oxygen atoms in total. The first-order valence-corrected chi connectivity index (χ1v) is 6.42. The Morgan fingerprint density at radius 3 is 1.96 bits per heavy atom. The second kappa shape index (κ2) is 8.57. The quantitative estimate of drug-likeness (QED) is 0.472. The van der Waals surface area contributed by atoms with E-state index in [4.69, 9.17) is 20.3 Å². The SMILES string of the molecule is COC(=O)c1ccc(B(O)O)cc1.O=C(O)c1ccccc1O. The lowest BCUT2D eigenvalue weighted by Gasteiger charge is -2.01. The van der Waals surface area contributed by atoms with E-state index in [1.165, 1.54) is 43.5 Å². The van der Waals surface area contributed by atoms with Crippen LogP contribution in [-0.2, 0) is 4.74 Å². The predicted octanol–water partition coefficient (Wildman–Crippen LogP) is 0.243. The maximum absolute atomic E-state index is 10.9. The van der Waals surface area contributed by atoms with E-state index in [1.54, 1.807) is 12.1 Å². The van der Waals surface area contributed by atoms with Gasteiger partial charge < -0.3 is 25.0 Å². The molecule has 23 heavy (non-hydrogen) atoms. The first-order valence-electron chi connectivity index (χ1n) is 6.42. The number of esters is 1. The van der Waals surface area contributed by atoms with Gasteiger partial charge in [-0.15, -0.1) is 0 Å². The van der Waals surface area contributed by atoms with Crippen molar-refractivity contribution < 1.29 is 34.6 Å². The standard InChI is InChI=1S/C8H9BO4.C7H6O3/c1-13-8(10)6-2-4-7(5-3-6)9(11)12;8-6-4-2-1-3-5(6)7(9)10/h2-5,11-12H,1H3;1-4,8H,(H,9,10). The van der Waals surface area contributed by atoms with Crippen LogP contribution in [0, 0.1) is 0 Å². The Morgan fingerprint density at radius 2 is 1.57 bits per heavy atom. The Kier molecular flexibility index (Phi) is 6.79. The molecule has 0 aliphatic rings. The molecular weight excluding hydrogens is 303 g/mol. The van der Waals surface area contributed by atoms with Crippen molar-refractivity contribution in [3.05, 3.63) is 59.7 Å². The van der Waals surface area contributed by atoms with E-state index in [0.717, 1.165) is 0 Å².